The molecule has 0 aliphatic heterocycles. The zero-order chi connectivity index (χ0) is 14.3. The average molecular weight is 272 g/mol. The van der Waals surface area contributed by atoms with E-state index in [9.17, 15) is 13.6 Å². The van der Waals surface area contributed by atoms with Gasteiger partial charge in [0.1, 0.15) is 5.75 Å². The number of ether oxygens (including phenoxy) is 1. The van der Waals surface area contributed by atoms with Crippen molar-refractivity contribution in [3.8, 4) is 5.75 Å². The van der Waals surface area contributed by atoms with E-state index in [1.807, 2.05) is 6.92 Å². The van der Waals surface area contributed by atoms with Gasteiger partial charge in [-0.3, -0.25) is 4.79 Å². The smallest absolute Gasteiger partial charge is 0.387 e. The molecule has 0 fully saturated rings. The topological polar surface area (TPSA) is 64.3 Å². The summed E-state index contributed by atoms with van der Waals surface area (Å²) in [6.45, 7) is -0.0133. The maximum atomic E-state index is 12.2. The van der Waals surface area contributed by atoms with Crippen LogP contribution < -0.4 is 15.8 Å². The normalized spacial score (nSPS) is 12.3. The van der Waals surface area contributed by atoms with E-state index in [2.05, 4.69) is 10.1 Å². The molecule has 0 aliphatic rings. The van der Waals surface area contributed by atoms with E-state index < -0.39 is 12.5 Å². The molecule has 6 heteroatoms. The van der Waals surface area contributed by atoms with E-state index in [4.69, 9.17) is 5.73 Å². The fourth-order valence-electron chi connectivity index (χ4n) is 1.60. The van der Waals surface area contributed by atoms with Gasteiger partial charge in [0.05, 0.1) is 5.56 Å². The number of rotatable bonds is 7. The van der Waals surface area contributed by atoms with Gasteiger partial charge < -0.3 is 15.8 Å². The van der Waals surface area contributed by atoms with Crippen molar-refractivity contribution >= 4 is 5.91 Å². The molecular weight excluding hydrogens is 254 g/mol. The Hall–Kier alpha value is -1.69. The maximum absolute atomic E-state index is 12.2. The predicted octanol–water partition coefficient (Wildman–Crippen LogP) is 2.00. The SMILES string of the molecule is CC(CCN)CNC(=O)c1ccccc1OC(F)F. The molecule has 4 nitrogen and oxygen atoms in total. The Kier molecular flexibility index (Phi) is 6.21. The molecule has 1 atom stereocenters. The summed E-state index contributed by atoms with van der Waals surface area (Å²) in [5.74, 6) is -0.321. The third-order valence-corrected chi connectivity index (χ3v) is 2.62. The highest BCUT2D eigenvalue weighted by Gasteiger charge is 2.15. The van der Waals surface area contributed by atoms with E-state index in [1.165, 1.54) is 18.2 Å². The lowest BCUT2D eigenvalue weighted by Crippen LogP contribution is -2.29. The summed E-state index contributed by atoms with van der Waals surface area (Å²) in [7, 11) is 0. The average Bonchev–Trinajstić information content (AvgIpc) is 2.36. The van der Waals surface area contributed by atoms with Crippen molar-refractivity contribution in [3.63, 3.8) is 0 Å². The van der Waals surface area contributed by atoms with Crippen LogP contribution in [0.1, 0.15) is 23.7 Å². The first-order valence-electron chi connectivity index (χ1n) is 6.06. The molecule has 19 heavy (non-hydrogen) atoms. The molecule has 1 unspecified atom stereocenters. The van der Waals surface area contributed by atoms with Crippen molar-refractivity contribution in [2.45, 2.75) is 20.0 Å². The van der Waals surface area contributed by atoms with Crippen LogP contribution in [0.25, 0.3) is 0 Å². The van der Waals surface area contributed by atoms with E-state index in [0.29, 0.717) is 13.1 Å². The number of nitrogens with one attached hydrogen (secondary N) is 1. The van der Waals surface area contributed by atoms with Crippen LogP contribution in [0.15, 0.2) is 24.3 Å². The summed E-state index contributed by atoms with van der Waals surface area (Å²) in [5.41, 5.74) is 5.51. The van der Waals surface area contributed by atoms with Gasteiger partial charge in [0.2, 0.25) is 0 Å². The highest BCUT2D eigenvalue weighted by molar-refractivity contribution is 5.96. The van der Waals surface area contributed by atoms with Crippen LogP contribution in [-0.4, -0.2) is 25.6 Å². The Balaban J connectivity index is 2.66. The van der Waals surface area contributed by atoms with Gasteiger partial charge in [0, 0.05) is 6.54 Å². The van der Waals surface area contributed by atoms with Gasteiger partial charge in [-0.2, -0.15) is 8.78 Å². The second-order valence-corrected chi connectivity index (χ2v) is 4.27. The molecule has 3 N–H and O–H groups in total. The lowest BCUT2D eigenvalue weighted by molar-refractivity contribution is -0.0501. The number of para-hydroxylation sites is 1. The summed E-state index contributed by atoms with van der Waals surface area (Å²) in [6, 6.07) is 5.91. The molecule has 0 saturated carbocycles. The Bertz CT molecular complexity index is 413. The first kappa shape index (κ1) is 15.4. The van der Waals surface area contributed by atoms with E-state index >= 15 is 0 Å². The molecule has 0 heterocycles. The van der Waals surface area contributed by atoms with E-state index in [0.717, 1.165) is 6.42 Å². The molecule has 0 aliphatic carbocycles. The number of halogens is 2. The zero-order valence-electron chi connectivity index (χ0n) is 10.7. The van der Waals surface area contributed by atoms with Crippen LogP contribution in [0, 0.1) is 5.92 Å². The van der Waals surface area contributed by atoms with Crippen molar-refractivity contribution in [3.05, 3.63) is 29.8 Å². The number of carbonyl (C=O) groups excluding carboxylic acids is 1. The Morgan fingerprint density at radius 1 is 1.42 bits per heavy atom. The zero-order valence-corrected chi connectivity index (χ0v) is 10.7. The van der Waals surface area contributed by atoms with Crippen LogP contribution in [0.4, 0.5) is 8.78 Å². The van der Waals surface area contributed by atoms with Gasteiger partial charge in [0.15, 0.2) is 0 Å². The fraction of sp³-hybridized carbons (Fsp3) is 0.462. The van der Waals surface area contributed by atoms with Crippen LogP contribution in [-0.2, 0) is 0 Å². The van der Waals surface area contributed by atoms with Crippen molar-refractivity contribution in [1.29, 1.82) is 0 Å². The molecule has 1 rings (SSSR count). The lowest BCUT2D eigenvalue weighted by atomic mass is 10.1. The molecule has 0 aromatic heterocycles. The maximum Gasteiger partial charge on any atom is 0.387 e. The van der Waals surface area contributed by atoms with Crippen LogP contribution >= 0.6 is 0 Å². The van der Waals surface area contributed by atoms with Crippen molar-refractivity contribution in [2.75, 3.05) is 13.1 Å². The highest BCUT2D eigenvalue weighted by atomic mass is 19.3. The second kappa shape index (κ2) is 7.68. The van der Waals surface area contributed by atoms with Gasteiger partial charge in [-0.05, 0) is 31.0 Å². The number of alkyl halides is 2. The second-order valence-electron chi connectivity index (χ2n) is 4.27. The first-order valence-corrected chi connectivity index (χ1v) is 6.06. The molecule has 0 bridgehead atoms. The number of benzene rings is 1. The summed E-state index contributed by atoms with van der Waals surface area (Å²) < 4.78 is 28.7. The molecule has 0 radical (unpaired) electrons. The largest absolute Gasteiger partial charge is 0.434 e. The predicted molar refractivity (Wildman–Crippen MR) is 68.2 cm³/mol. The minimum atomic E-state index is -2.95. The third-order valence-electron chi connectivity index (χ3n) is 2.62. The number of carbonyl (C=O) groups is 1. The van der Waals surface area contributed by atoms with Crippen molar-refractivity contribution in [2.24, 2.45) is 11.7 Å². The van der Waals surface area contributed by atoms with E-state index in [-0.39, 0.29) is 17.2 Å². The minimum absolute atomic E-state index is 0.0998. The summed E-state index contributed by atoms with van der Waals surface area (Å²) in [4.78, 5) is 11.9. The first-order chi connectivity index (χ1) is 9.04. The molecule has 0 spiro atoms. The highest BCUT2D eigenvalue weighted by Crippen LogP contribution is 2.20. The Morgan fingerprint density at radius 2 is 2.11 bits per heavy atom. The van der Waals surface area contributed by atoms with Crippen LogP contribution in [0.5, 0.6) is 5.75 Å². The standard InChI is InChI=1S/C13H18F2N2O2/c1-9(6-7-16)8-17-12(18)10-4-2-3-5-11(10)19-13(14)15/h2-5,9,13H,6-8,16H2,1H3,(H,17,18). The molecule has 1 aromatic carbocycles. The van der Waals surface area contributed by atoms with Gasteiger partial charge in [-0.15, -0.1) is 0 Å². The van der Waals surface area contributed by atoms with Crippen molar-refractivity contribution in [1.82, 2.24) is 5.32 Å². The van der Waals surface area contributed by atoms with Gasteiger partial charge in [-0.1, -0.05) is 19.1 Å². The third kappa shape index (κ3) is 5.21. The van der Waals surface area contributed by atoms with Gasteiger partial charge in [0.25, 0.3) is 5.91 Å². The summed E-state index contributed by atoms with van der Waals surface area (Å²) in [6.07, 6.45) is 0.787. The minimum Gasteiger partial charge on any atom is -0.434 e. The monoisotopic (exact) mass is 272 g/mol. The van der Waals surface area contributed by atoms with Gasteiger partial charge in [-0.25, -0.2) is 0 Å². The Labute approximate surface area is 110 Å². The van der Waals surface area contributed by atoms with E-state index in [1.54, 1.807) is 6.07 Å². The lowest BCUT2D eigenvalue weighted by Gasteiger charge is -2.13. The molecule has 1 amide bonds. The number of hydrogen-bond acceptors (Lipinski definition) is 3. The van der Waals surface area contributed by atoms with Crippen molar-refractivity contribution < 1.29 is 18.3 Å². The number of hydrogen-bond donors (Lipinski definition) is 2. The fourth-order valence-corrected chi connectivity index (χ4v) is 1.60. The number of amides is 1. The molecule has 1 aromatic rings. The van der Waals surface area contributed by atoms with Crippen LogP contribution in [0.2, 0.25) is 0 Å². The molecule has 106 valence electrons. The Morgan fingerprint density at radius 3 is 2.74 bits per heavy atom. The quantitative estimate of drug-likeness (QED) is 0.798. The molecule has 0 saturated heterocycles. The molecular formula is C13H18F2N2O2. The summed E-state index contributed by atoms with van der Waals surface area (Å²) in [5, 5.41) is 2.68. The number of nitrogens with two attached hydrogens (primary N) is 1. The van der Waals surface area contributed by atoms with Gasteiger partial charge >= 0.3 is 6.61 Å². The summed E-state index contributed by atoms with van der Waals surface area (Å²) >= 11 is 0. The van der Waals surface area contributed by atoms with Crippen LogP contribution in [0.3, 0.4) is 0 Å².